The van der Waals surface area contributed by atoms with Crippen LogP contribution in [-0.4, -0.2) is 11.1 Å². The van der Waals surface area contributed by atoms with Gasteiger partial charge < -0.3 is 10.4 Å². The number of hydrogen-bond donors (Lipinski definition) is 2. The fourth-order valence-corrected chi connectivity index (χ4v) is 1.53. The van der Waals surface area contributed by atoms with Crippen LogP contribution < -0.4 is 5.32 Å². The molecule has 0 aliphatic heterocycles. The van der Waals surface area contributed by atoms with Crippen LogP contribution in [0.2, 0.25) is 0 Å². The number of halogens is 1. The summed E-state index contributed by atoms with van der Waals surface area (Å²) in [6, 6.07) is 5.96. The third-order valence-electron chi connectivity index (χ3n) is 2.29. The molecule has 78 valence electrons. The summed E-state index contributed by atoms with van der Waals surface area (Å²) < 4.78 is 0.997. The van der Waals surface area contributed by atoms with Crippen LogP contribution in [0.3, 0.4) is 0 Å². The van der Waals surface area contributed by atoms with Gasteiger partial charge in [-0.05, 0) is 31.5 Å². The van der Waals surface area contributed by atoms with Crippen LogP contribution >= 0.6 is 15.9 Å². The van der Waals surface area contributed by atoms with E-state index in [2.05, 4.69) is 35.1 Å². The molecule has 0 saturated heterocycles. The predicted molar refractivity (Wildman–Crippen MR) is 62.4 cm³/mol. The van der Waals surface area contributed by atoms with E-state index in [1.54, 1.807) is 6.07 Å². The molecule has 0 aromatic heterocycles. The molecule has 2 N–H and O–H groups in total. The summed E-state index contributed by atoms with van der Waals surface area (Å²) in [5.41, 5.74) is 0.930. The van der Waals surface area contributed by atoms with Gasteiger partial charge in [0.25, 0.3) is 0 Å². The number of rotatable bonds is 4. The molecule has 14 heavy (non-hydrogen) atoms. The Morgan fingerprint density at radius 3 is 2.86 bits per heavy atom. The van der Waals surface area contributed by atoms with Crippen molar-refractivity contribution in [2.75, 3.05) is 0 Å². The van der Waals surface area contributed by atoms with Gasteiger partial charge in [-0.25, -0.2) is 0 Å². The number of benzene rings is 1. The molecule has 0 bridgehead atoms. The molecule has 1 aromatic rings. The molecule has 1 aromatic carbocycles. The van der Waals surface area contributed by atoms with Crippen LogP contribution in [0.5, 0.6) is 5.75 Å². The fraction of sp³-hybridized carbons (Fsp3) is 0.455. The SMILES string of the molecule is CC[C@@H](C)NCc1cc(Br)ccc1O. The average Bonchev–Trinajstić information content (AvgIpc) is 2.19. The van der Waals surface area contributed by atoms with E-state index in [-0.39, 0.29) is 0 Å². The van der Waals surface area contributed by atoms with Gasteiger partial charge in [0, 0.05) is 22.6 Å². The first-order valence-electron chi connectivity index (χ1n) is 4.84. The largest absolute Gasteiger partial charge is 0.508 e. The van der Waals surface area contributed by atoms with Crippen LogP contribution in [0.25, 0.3) is 0 Å². The molecule has 0 amide bonds. The van der Waals surface area contributed by atoms with E-state index in [0.717, 1.165) is 16.5 Å². The smallest absolute Gasteiger partial charge is 0.120 e. The Morgan fingerprint density at radius 1 is 1.50 bits per heavy atom. The van der Waals surface area contributed by atoms with Gasteiger partial charge in [0.2, 0.25) is 0 Å². The zero-order valence-corrected chi connectivity index (χ0v) is 10.1. The second kappa shape index (κ2) is 5.37. The highest BCUT2D eigenvalue weighted by atomic mass is 79.9. The third kappa shape index (κ3) is 3.31. The molecule has 2 nitrogen and oxygen atoms in total. The van der Waals surface area contributed by atoms with Crippen molar-refractivity contribution in [2.24, 2.45) is 0 Å². The molecule has 1 atom stereocenters. The van der Waals surface area contributed by atoms with Crippen LogP contribution in [0.1, 0.15) is 25.8 Å². The van der Waals surface area contributed by atoms with Crippen molar-refractivity contribution in [1.82, 2.24) is 5.32 Å². The lowest BCUT2D eigenvalue weighted by molar-refractivity contribution is 0.457. The van der Waals surface area contributed by atoms with Gasteiger partial charge in [-0.15, -0.1) is 0 Å². The highest BCUT2D eigenvalue weighted by Crippen LogP contribution is 2.21. The number of aromatic hydroxyl groups is 1. The van der Waals surface area contributed by atoms with Gasteiger partial charge in [-0.3, -0.25) is 0 Å². The van der Waals surface area contributed by atoms with Crippen LogP contribution in [0.4, 0.5) is 0 Å². The normalized spacial score (nSPS) is 12.8. The van der Waals surface area contributed by atoms with Crippen LogP contribution in [-0.2, 0) is 6.54 Å². The molecule has 0 heterocycles. The summed E-state index contributed by atoms with van der Waals surface area (Å²) in [5, 5.41) is 12.9. The maximum absolute atomic E-state index is 9.56. The molecule has 0 aliphatic rings. The van der Waals surface area contributed by atoms with E-state index in [0.29, 0.717) is 18.3 Å². The van der Waals surface area contributed by atoms with E-state index >= 15 is 0 Å². The standard InChI is InChI=1S/C11H16BrNO/c1-3-8(2)13-7-9-6-10(12)4-5-11(9)14/h4-6,8,13-14H,3,7H2,1-2H3/t8-/m1/s1. The van der Waals surface area contributed by atoms with Crippen LogP contribution in [0.15, 0.2) is 22.7 Å². The van der Waals surface area contributed by atoms with Gasteiger partial charge in [-0.1, -0.05) is 22.9 Å². The fourth-order valence-electron chi connectivity index (χ4n) is 1.12. The quantitative estimate of drug-likeness (QED) is 0.870. The zero-order chi connectivity index (χ0) is 10.6. The maximum Gasteiger partial charge on any atom is 0.120 e. The number of phenols is 1. The summed E-state index contributed by atoms with van der Waals surface area (Å²) in [6.45, 7) is 4.98. The molecule has 0 aliphatic carbocycles. The van der Waals surface area contributed by atoms with Crippen molar-refractivity contribution < 1.29 is 5.11 Å². The molecular weight excluding hydrogens is 242 g/mol. The molecule has 1 rings (SSSR count). The first kappa shape index (κ1) is 11.5. The van der Waals surface area contributed by atoms with Crippen LogP contribution in [0, 0.1) is 0 Å². The lowest BCUT2D eigenvalue weighted by Gasteiger charge is -2.12. The van der Waals surface area contributed by atoms with Crippen molar-refractivity contribution in [3.63, 3.8) is 0 Å². The monoisotopic (exact) mass is 257 g/mol. The Hall–Kier alpha value is -0.540. The molecule has 3 heteroatoms. The third-order valence-corrected chi connectivity index (χ3v) is 2.79. The van der Waals surface area contributed by atoms with Crippen molar-refractivity contribution in [1.29, 1.82) is 0 Å². The maximum atomic E-state index is 9.56. The molecular formula is C11H16BrNO. The predicted octanol–water partition coefficient (Wildman–Crippen LogP) is 3.04. The van der Waals surface area contributed by atoms with Gasteiger partial charge in [-0.2, -0.15) is 0 Å². The lowest BCUT2D eigenvalue weighted by atomic mass is 10.2. The topological polar surface area (TPSA) is 32.3 Å². The van der Waals surface area contributed by atoms with E-state index in [4.69, 9.17) is 0 Å². The first-order valence-corrected chi connectivity index (χ1v) is 5.63. The molecule has 0 radical (unpaired) electrons. The Bertz CT molecular complexity index is 301. The van der Waals surface area contributed by atoms with Gasteiger partial charge in [0.15, 0.2) is 0 Å². The van der Waals surface area contributed by atoms with E-state index in [1.165, 1.54) is 0 Å². The minimum absolute atomic E-state index is 0.351. The molecule has 0 spiro atoms. The molecule has 0 saturated carbocycles. The second-order valence-corrected chi connectivity index (χ2v) is 4.38. The van der Waals surface area contributed by atoms with Gasteiger partial charge in [0.1, 0.15) is 5.75 Å². The van der Waals surface area contributed by atoms with E-state index in [1.807, 2.05) is 12.1 Å². The summed E-state index contributed by atoms with van der Waals surface area (Å²) in [7, 11) is 0. The Labute approximate surface area is 93.5 Å². The van der Waals surface area contributed by atoms with E-state index in [9.17, 15) is 5.11 Å². The van der Waals surface area contributed by atoms with Crippen molar-refractivity contribution in [3.8, 4) is 5.75 Å². The Morgan fingerprint density at radius 2 is 2.21 bits per heavy atom. The first-order chi connectivity index (χ1) is 6.63. The summed E-state index contributed by atoms with van der Waals surface area (Å²) in [5.74, 6) is 0.351. The zero-order valence-electron chi connectivity index (χ0n) is 8.55. The highest BCUT2D eigenvalue weighted by Gasteiger charge is 2.03. The number of hydrogen-bond acceptors (Lipinski definition) is 2. The molecule has 0 fully saturated rings. The lowest BCUT2D eigenvalue weighted by Crippen LogP contribution is -2.24. The minimum Gasteiger partial charge on any atom is -0.508 e. The number of phenolic OH excluding ortho intramolecular Hbond substituents is 1. The Balaban J connectivity index is 2.62. The van der Waals surface area contributed by atoms with Gasteiger partial charge >= 0.3 is 0 Å². The number of nitrogens with one attached hydrogen (secondary N) is 1. The average molecular weight is 258 g/mol. The highest BCUT2D eigenvalue weighted by molar-refractivity contribution is 9.10. The van der Waals surface area contributed by atoms with E-state index < -0.39 is 0 Å². The van der Waals surface area contributed by atoms with Crippen molar-refractivity contribution in [2.45, 2.75) is 32.9 Å². The van der Waals surface area contributed by atoms with Gasteiger partial charge in [0.05, 0.1) is 0 Å². The van der Waals surface area contributed by atoms with Crippen molar-refractivity contribution >= 4 is 15.9 Å². The van der Waals surface area contributed by atoms with Crippen molar-refractivity contribution in [3.05, 3.63) is 28.2 Å². The molecule has 0 unspecified atom stereocenters. The Kier molecular flexibility index (Phi) is 4.42. The summed E-state index contributed by atoms with van der Waals surface area (Å²) in [4.78, 5) is 0. The minimum atomic E-state index is 0.351. The summed E-state index contributed by atoms with van der Waals surface area (Å²) >= 11 is 3.38. The summed E-state index contributed by atoms with van der Waals surface area (Å²) in [6.07, 6.45) is 1.09. The second-order valence-electron chi connectivity index (χ2n) is 3.46.